The molecule has 2 aliphatic rings. The summed E-state index contributed by atoms with van der Waals surface area (Å²) in [6, 6.07) is 75.6. The predicted molar refractivity (Wildman–Crippen MR) is 243 cm³/mol. The van der Waals surface area contributed by atoms with Crippen molar-refractivity contribution in [1.29, 1.82) is 0 Å². The van der Waals surface area contributed by atoms with E-state index in [-0.39, 0.29) is 0 Å². The zero-order valence-corrected chi connectivity index (χ0v) is 32.0. The summed E-state index contributed by atoms with van der Waals surface area (Å²) in [7, 11) is 0. The van der Waals surface area contributed by atoms with Gasteiger partial charge in [0.1, 0.15) is 5.69 Å². The quantitative estimate of drug-likeness (QED) is 0.175. The van der Waals surface area contributed by atoms with Gasteiger partial charge in [0.15, 0.2) is 23.0 Å². The van der Waals surface area contributed by atoms with E-state index in [9.17, 15) is 0 Å². The summed E-state index contributed by atoms with van der Waals surface area (Å²) in [6.45, 7) is 0. The summed E-state index contributed by atoms with van der Waals surface area (Å²) in [6.07, 6.45) is 0. The van der Waals surface area contributed by atoms with Crippen molar-refractivity contribution in [3.8, 4) is 78.6 Å². The van der Waals surface area contributed by atoms with Gasteiger partial charge in [-0.2, -0.15) is 0 Å². The van der Waals surface area contributed by atoms with Gasteiger partial charge < -0.3 is 9.47 Å². The van der Waals surface area contributed by atoms with Crippen LogP contribution in [0.5, 0.6) is 23.0 Å². The van der Waals surface area contributed by atoms with Crippen LogP contribution in [0.1, 0.15) is 0 Å². The van der Waals surface area contributed by atoms with Crippen LogP contribution in [0, 0.1) is 0 Å². The smallest absolute Gasteiger partial charge is 0.156 e. The minimum absolute atomic E-state index is 0.760. The molecule has 3 heteroatoms. The molecule has 0 aromatic heterocycles. The second-order valence-corrected chi connectivity index (χ2v) is 15.3. The molecule has 276 valence electrons. The molecule has 3 nitrogen and oxygen atoms in total. The summed E-state index contributed by atoms with van der Waals surface area (Å²) in [4.78, 5) is 2.30. The SMILES string of the molecule is c1ccc(-c2cc3c4c(c2)Oc2cc(-c5ccc(-c6cccc7ccccc67)cc5)ccc2N4c2ccc(-c4ccc(-c5cccc6ccccc56)cc4)cc2O3)cc1. The van der Waals surface area contributed by atoms with E-state index in [1.165, 1.54) is 43.8 Å². The molecule has 10 aromatic rings. The Morgan fingerprint density at radius 3 is 1.17 bits per heavy atom. The summed E-state index contributed by atoms with van der Waals surface area (Å²) in [5, 5.41) is 5.00. The molecule has 0 spiro atoms. The van der Waals surface area contributed by atoms with Gasteiger partial charge in [0.25, 0.3) is 0 Å². The molecule has 0 saturated carbocycles. The number of hydrogen-bond acceptors (Lipinski definition) is 3. The summed E-state index contributed by atoms with van der Waals surface area (Å²) in [5.41, 5.74) is 14.3. The maximum Gasteiger partial charge on any atom is 0.156 e. The van der Waals surface area contributed by atoms with Crippen molar-refractivity contribution in [2.24, 2.45) is 0 Å². The minimum atomic E-state index is 0.760. The first-order chi connectivity index (χ1) is 29.2. The highest BCUT2D eigenvalue weighted by Crippen LogP contribution is 2.61. The predicted octanol–water partition coefficient (Wildman–Crippen LogP) is 16.0. The molecule has 12 rings (SSSR count). The van der Waals surface area contributed by atoms with Crippen LogP contribution in [0.2, 0.25) is 0 Å². The monoisotopic (exact) mass is 753 g/mol. The first-order valence-electron chi connectivity index (χ1n) is 20.1. The van der Waals surface area contributed by atoms with E-state index in [2.05, 4.69) is 211 Å². The van der Waals surface area contributed by atoms with Gasteiger partial charge in [-0.15, -0.1) is 0 Å². The van der Waals surface area contributed by atoms with E-state index in [1.807, 2.05) is 6.07 Å². The number of hydrogen-bond donors (Lipinski definition) is 0. The molecule has 0 unspecified atom stereocenters. The normalized spacial score (nSPS) is 12.3. The van der Waals surface area contributed by atoms with E-state index in [0.717, 1.165) is 73.4 Å². The highest BCUT2D eigenvalue weighted by atomic mass is 16.5. The molecule has 0 amide bonds. The second kappa shape index (κ2) is 13.4. The highest BCUT2D eigenvalue weighted by Gasteiger charge is 2.35. The third-order valence-corrected chi connectivity index (χ3v) is 11.8. The van der Waals surface area contributed by atoms with Gasteiger partial charge in [0, 0.05) is 0 Å². The van der Waals surface area contributed by atoms with Crippen molar-refractivity contribution in [3.05, 3.63) is 212 Å². The molecule has 0 N–H and O–H groups in total. The van der Waals surface area contributed by atoms with Gasteiger partial charge in [-0.3, -0.25) is 4.90 Å². The fraction of sp³-hybridized carbons (Fsp3) is 0. The average Bonchev–Trinajstić information content (AvgIpc) is 3.31. The van der Waals surface area contributed by atoms with E-state index in [0.29, 0.717) is 0 Å². The van der Waals surface area contributed by atoms with Crippen LogP contribution in [-0.4, -0.2) is 0 Å². The van der Waals surface area contributed by atoms with Crippen molar-refractivity contribution in [2.45, 2.75) is 0 Å². The average molecular weight is 754 g/mol. The van der Waals surface area contributed by atoms with Gasteiger partial charge in [-0.05, 0) is 114 Å². The molecule has 0 fully saturated rings. The number of ether oxygens (including phenoxy) is 2. The lowest BCUT2D eigenvalue weighted by atomic mass is 9.95. The third kappa shape index (κ3) is 5.59. The number of benzene rings is 10. The van der Waals surface area contributed by atoms with E-state index < -0.39 is 0 Å². The molecule has 10 aromatic carbocycles. The summed E-state index contributed by atoms with van der Waals surface area (Å²) < 4.78 is 13.7. The maximum absolute atomic E-state index is 6.85. The zero-order valence-electron chi connectivity index (χ0n) is 32.0. The Kier molecular flexibility index (Phi) is 7.54. The third-order valence-electron chi connectivity index (χ3n) is 11.8. The Morgan fingerprint density at radius 2 is 0.661 bits per heavy atom. The first kappa shape index (κ1) is 33.3. The first-order valence-corrected chi connectivity index (χ1v) is 20.1. The van der Waals surface area contributed by atoms with Crippen molar-refractivity contribution >= 4 is 38.6 Å². The van der Waals surface area contributed by atoms with Crippen molar-refractivity contribution in [1.82, 2.24) is 0 Å². The van der Waals surface area contributed by atoms with Crippen molar-refractivity contribution in [2.75, 3.05) is 4.90 Å². The second-order valence-electron chi connectivity index (χ2n) is 15.3. The molecule has 2 aliphatic heterocycles. The lowest BCUT2D eigenvalue weighted by Crippen LogP contribution is -2.20. The van der Waals surface area contributed by atoms with Gasteiger partial charge >= 0.3 is 0 Å². The fourth-order valence-corrected chi connectivity index (χ4v) is 8.92. The minimum Gasteiger partial charge on any atom is -0.453 e. The van der Waals surface area contributed by atoms with E-state index in [4.69, 9.17) is 9.47 Å². The Morgan fingerprint density at radius 1 is 0.271 bits per heavy atom. The van der Waals surface area contributed by atoms with Crippen LogP contribution < -0.4 is 14.4 Å². The topological polar surface area (TPSA) is 21.7 Å². The van der Waals surface area contributed by atoms with Gasteiger partial charge in [-0.1, -0.05) is 176 Å². The Bertz CT molecular complexity index is 3050. The number of fused-ring (bicyclic) bond motifs is 6. The molecule has 0 aliphatic carbocycles. The summed E-state index contributed by atoms with van der Waals surface area (Å²) in [5.74, 6) is 3.11. The maximum atomic E-state index is 6.85. The number of nitrogens with zero attached hydrogens (tertiary/aromatic N) is 1. The van der Waals surface area contributed by atoms with Crippen molar-refractivity contribution in [3.63, 3.8) is 0 Å². The lowest BCUT2D eigenvalue weighted by molar-refractivity contribution is 0.446. The molecular weight excluding hydrogens is 719 g/mol. The van der Waals surface area contributed by atoms with Crippen molar-refractivity contribution < 1.29 is 9.47 Å². The van der Waals surface area contributed by atoms with Crippen LogP contribution in [0.15, 0.2) is 212 Å². The van der Waals surface area contributed by atoms with Crippen LogP contribution in [-0.2, 0) is 0 Å². The van der Waals surface area contributed by atoms with Gasteiger partial charge in [-0.25, -0.2) is 0 Å². The molecule has 0 radical (unpaired) electrons. The lowest BCUT2D eigenvalue weighted by Gasteiger charge is -2.38. The fourth-order valence-electron chi connectivity index (χ4n) is 8.92. The Hall–Kier alpha value is -7.88. The van der Waals surface area contributed by atoms with Crippen LogP contribution in [0.4, 0.5) is 17.1 Å². The van der Waals surface area contributed by atoms with Gasteiger partial charge in [0.05, 0.1) is 11.4 Å². The summed E-state index contributed by atoms with van der Waals surface area (Å²) >= 11 is 0. The van der Waals surface area contributed by atoms with E-state index >= 15 is 0 Å². The van der Waals surface area contributed by atoms with Crippen LogP contribution in [0.25, 0.3) is 77.2 Å². The van der Waals surface area contributed by atoms with Gasteiger partial charge in [0.2, 0.25) is 0 Å². The molecule has 2 heterocycles. The zero-order chi connectivity index (χ0) is 38.9. The number of rotatable bonds is 5. The molecular formula is C56H35NO2. The van der Waals surface area contributed by atoms with Crippen LogP contribution >= 0.6 is 0 Å². The Balaban J connectivity index is 0.930. The van der Waals surface area contributed by atoms with E-state index in [1.54, 1.807) is 0 Å². The van der Waals surface area contributed by atoms with Crippen LogP contribution in [0.3, 0.4) is 0 Å². The molecule has 0 bridgehead atoms. The Labute approximate surface area is 342 Å². The number of anilines is 3. The largest absolute Gasteiger partial charge is 0.453 e. The molecule has 0 saturated heterocycles. The standard InChI is InChI=1S/C56H35NO2/c1-2-10-36(11-3-1)45-34-54-56-55(35-45)59-53-33-44(38-22-26-42(27-23-38)49-19-9-15-40-13-5-7-17-47(40)49)29-31-51(53)57(56)50-30-28-43(32-52(50)58-54)37-20-24-41(25-21-37)48-18-8-14-39-12-4-6-16-46(39)48/h1-35H. The highest BCUT2D eigenvalue weighted by molar-refractivity contribution is 5.99. The molecule has 59 heavy (non-hydrogen) atoms. The molecule has 0 atom stereocenters.